The highest BCUT2D eigenvalue weighted by Crippen LogP contribution is 2.33. The monoisotopic (exact) mass is 207 g/mol. The minimum absolute atomic E-state index is 0.396. The molecule has 0 bridgehead atoms. The normalized spacial score (nSPS) is 17.1. The zero-order valence-electron chi connectivity index (χ0n) is 7.59. The number of halogens is 1. The Morgan fingerprint density at radius 2 is 2.21 bits per heavy atom. The second-order valence-corrected chi connectivity index (χ2v) is 3.81. The van der Waals surface area contributed by atoms with Gasteiger partial charge in [0.25, 0.3) is 0 Å². The quantitative estimate of drug-likeness (QED) is 0.705. The first-order valence-electron chi connectivity index (χ1n) is 4.45. The molecule has 14 heavy (non-hydrogen) atoms. The summed E-state index contributed by atoms with van der Waals surface area (Å²) < 4.78 is 0. The van der Waals surface area contributed by atoms with Crippen molar-refractivity contribution in [2.24, 2.45) is 5.73 Å². The molecule has 2 nitrogen and oxygen atoms in total. The van der Waals surface area contributed by atoms with Crippen LogP contribution in [-0.4, -0.2) is 5.91 Å². The Morgan fingerprint density at radius 3 is 2.93 bits per heavy atom. The molecule has 2 N–H and O–H groups in total. The Balaban J connectivity index is 2.48. The van der Waals surface area contributed by atoms with Gasteiger partial charge < -0.3 is 5.73 Å². The Hall–Kier alpha value is -1.28. The molecule has 0 saturated carbocycles. The van der Waals surface area contributed by atoms with Crippen molar-refractivity contribution in [3.63, 3.8) is 0 Å². The first kappa shape index (κ1) is 9.28. The van der Waals surface area contributed by atoms with Crippen LogP contribution in [0.1, 0.15) is 17.5 Å². The number of carbonyl (C=O) groups is 1. The maximum absolute atomic E-state index is 10.8. The Labute approximate surface area is 87.4 Å². The molecule has 0 saturated heterocycles. The summed E-state index contributed by atoms with van der Waals surface area (Å²) in [5.41, 5.74) is 8.42. The number of benzene rings is 1. The summed E-state index contributed by atoms with van der Waals surface area (Å²) >= 11 is 5.88. The molecule has 1 amide bonds. The summed E-state index contributed by atoms with van der Waals surface area (Å²) in [7, 11) is 0. The predicted molar refractivity (Wildman–Crippen MR) is 56.9 cm³/mol. The van der Waals surface area contributed by atoms with E-state index in [1.165, 1.54) is 11.6 Å². The number of rotatable bonds is 1. The summed E-state index contributed by atoms with van der Waals surface area (Å²) in [6.07, 6.45) is 3.33. The fourth-order valence-electron chi connectivity index (χ4n) is 1.79. The third-order valence-corrected chi connectivity index (χ3v) is 2.63. The highest BCUT2D eigenvalue weighted by atomic mass is 35.5. The lowest BCUT2D eigenvalue weighted by atomic mass is 10.1. The molecule has 1 aromatic carbocycles. The van der Waals surface area contributed by atoms with Crippen molar-refractivity contribution in [1.29, 1.82) is 0 Å². The average Bonchev–Trinajstić information content (AvgIpc) is 2.47. The van der Waals surface area contributed by atoms with Gasteiger partial charge in [0.15, 0.2) is 0 Å². The highest BCUT2D eigenvalue weighted by Gasteiger charge is 2.16. The van der Waals surface area contributed by atoms with Crippen LogP contribution < -0.4 is 5.73 Å². The van der Waals surface area contributed by atoms with Crippen molar-refractivity contribution >= 4 is 23.1 Å². The first-order chi connectivity index (χ1) is 6.66. The van der Waals surface area contributed by atoms with Gasteiger partial charge in [-0.1, -0.05) is 17.7 Å². The number of hydrogen-bond acceptors (Lipinski definition) is 1. The minimum Gasteiger partial charge on any atom is -0.366 e. The van der Waals surface area contributed by atoms with Crippen LogP contribution in [0.15, 0.2) is 24.3 Å². The molecular formula is C11H10ClNO. The summed E-state index contributed by atoms with van der Waals surface area (Å²) in [6, 6.07) is 5.76. The highest BCUT2D eigenvalue weighted by molar-refractivity contribution is 6.30. The molecule has 0 spiro atoms. The molecule has 1 aliphatic rings. The van der Waals surface area contributed by atoms with Crippen LogP contribution in [-0.2, 0) is 11.2 Å². The summed E-state index contributed by atoms with van der Waals surface area (Å²) in [5, 5.41) is 0.695. The molecule has 72 valence electrons. The molecule has 0 aromatic heterocycles. The standard InChI is InChI=1S/C11H10ClNO/c12-9-4-3-7-1-2-8(5-11(13)14)10(7)6-9/h3-6H,1-2H2,(H2,13,14). The van der Waals surface area contributed by atoms with Gasteiger partial charge in [0.1, 0.15) is 0 Å². The van der Waals surface area contributed by atoms with E-state index in [2.05, 4.69) is 0 Å². The maximum Gasteiger partial charge on any atom is 0.241 e. The topological polar surface area (TPSA) is 43.1 Å². The number of primary amides is 1. The fraction of sp³-hybridized carbons (Fsp3) is 0.182. The number of amides is 1. The second-order valence-electron chi connectivity index (χ2n) is 3.37. The molecule has 2 rings (SSSR count). The van der Waals surface area contributed by atoms with Gasteiger partial charge in [0, 0.05) is 11.1 Å². The van der Waals surface area contributed by atoms with E-state index in [-0.39, 0.29) is 0 Å². The van der Waals surface area contributed by atoms with Gasteiger partial charge in [-0.2, -0.15) is 0 Å². The van der Waals surface area contributed by atoms with Gasteiger partial charge in [-0.25, -0.2) is 0 Å². The third-order valence-electron chi connectivity index (χ3n) is 2.40. The van der Waals surface area contributed by atoms with Crippen LogP contribution in [0, 0.1) is 0 Å². The minimum atomic E-state index is -0.396. The predicted octanol–water partition coefficient (Wildman–Crippen LogP) is 2.15. The maximum atomic E-state index is 10.8. The summed E-state index contributed by atoms with van der Waals surface area (Å²) in [6.45, 7) is 0. The molecule has 0 radical (unpaired) electrons. The molecule has 0 unspecified atom stereocenters. The molecule has 3 heteroatoms. The number of aryl methyl sites for hydroxylation is 1. The Morgan fingerprint density at radius 1 is 1.43 bits per heavy atom. The van der Waals surface area contributed by atoms with E-state index in [1.54, 1.807) is 0 Å². The van der Waals surface area contributed by atoms with Gasteiger partial charge >= 0.3 is 0 Å². The Kier molecular flexibility index (Phi) is 2.30. The smallest absolute Gasteiger partial charge is 0.241 e. The van der Waals surface area contributed by atoms with Crippen LogP contribution in [0.4, 0.5) is 0 Å². The van der Waals surface area contributed by atoms with Crippen molar-refractivity contribution in [3.05, 3.63) is 40.4 Å². The molecule has 1 aromatic rings. The van der Waals surface area contributed by atoms with Gasteiger partial charge in [-0.05, 0) is 41.7 Å². The van der Waals surface area contributed by atoms with Gasteiger partial charge in [-0.3, -0.25) is 4.79 Å². The lowest BCUT2D eigenvalue weighted by Gasteiger charge is -2.00. The largest absolute Gasteiger partial charge is 0.366 e. The van der Waals surface area contributed by atoms with Crippen molar-refractivity contribution in [2.45, 2.75) is 12.8 Å². The lowest BCUT2D eigenvalue weighted by Crippen LogP contribution is -2.06. The van der Waals surface area contributed by atoms with E-state index in [0.29, 0.717) is 5.02 Å². The van der Waals surface area contributed by atoms with Crippen LogP contribution >= 0.6 is 11.6 Å². The SMILES string of the molecule is NC(=O)C=C1CCc2ccc(Cl)cc21. The number of fused-ring (bicyclic) bond motifs is 1. The van der Waals surface area contributed by atoms with E-state index in [1.807, 2.05) is 18.2 Å². The summed E-state index contributed by atoms with van der Waals surface area (Å²) in [5.74, 6) is -0.396. The van der Waals surface area contributed by atoms with Gasteiger partial charge in [0.2, 0.25) is 5.91 Å². The summed E-state index contributed by atoms with van der Waals surface area (Å²) in [4.78, 5) is 10.8. The molecule has 1 aliphatic carbocycles. The molecular weight excluding hydrogens is 198 g/mol. The van der Waals surface area contributed by atoms with E-state index < -0.39 is 5.91 Å². The number of allylic oxidation sites excluding steroid dienone is 1. The number of nitrogens with two attached hydrogens (primary N) is 1. The van der Waals surface area contributed by atoms with E-state index >= 15 is 0 Å². The number of carbonyl (C=O) groups excluding carboxylic acids is 1. The third kappa shape index (κ3) is 1.66. The van der Waals surface area contributed by atoms with Crippen molar-refractivity contribution in [3.8, 4) is 0 Å². The molecule has 0 atom stereocenters. The second kappa shape index (κ2) is 3.46. The zero-order chi connectivity index (χ0) is 10.1. The molecule has 0 heterocycles. The van der Waals surface area contributed by atoms with Crippen LogP contribution in [0.25, 0.3) is 5.57 Å². The number of hydrogen-bond donors (Lipinski definition) is 1. The zero-order valence-corrected chi connectivity index (χ0v) is 8.34. The van der Waals surface area contributed by atoms with Gasteiger partial charge in [-0.15, -0.1) is 0 Å². The lowest BCUT2D eigenvalue weighted by molar-refractivity contribution is -0.113. The first-order valence-corrected chi connectivity index (χ1v) is 4.83. The van der Waals surface area contributed by atoms with Gasteiger partial charge in [0.05, 0.1) is 0 Å². The van der Waals surface area contributed by atoms with Crippen molar-refractivity contribution < 1.29 is 4.79 Å². The van der Waals surface area contributed by atoms with E-state index in [4.69, 9.17) is 17.3 Å². The van der Waals surface area contributed by atoms with E-state index in [9.17, 15) is 4.79 Å². The van der Waals surface area contributed by atoms with Crippen molar-refractivity contribution in [2.75, 3.05) is 0 Å². The van der Waals surface area contributed by atoms with Crippen molar-refractivity contribution in [1.82, 2.24) is 0 Å². The van der Waals surface area contributed by atoms with Crippen LogP contribution in [0.3, 0.4) is 0 Å². The average molecular weight is 208 g/mol. The van der Waals surface area contributed by atoms with Crippen LogP contribution in [0.5, 0.6) is 0 Å². The fourth-order valence-corrected chi connectivity index (χ4v) is 1.96. The van der Waals surface area contributed by atoms with E-state index in [0.717, 1.165) is 24.0 Å². The molecule has 0 fully saturated rings. The molecule has 0 aliphatic heterocycles. The van der Waals surface area contributed by atoms with Crippen LogP contribution in [0.2, 0.25) is 5.02 Å². The Bertz CT molecular complexity index is 423.